The fourth-order valence-electron chi connectivity index (χ4n) is 3.15. The standard InChI is InChI=1S/C21H23Cl2N5O2/c1-14-4-5-27(6-7-28-13-18(23)12-26-28)21(30)19(14)9-20(29)25-11-16-8-17(22)3-2-15(16)10-24/h2-5,8,12-13H,6-7,9-11,24H2,1H3,(H,25,29). The molecule has 1 aromatic carbocycles. The minimum Gasteiger partial charge on any atom is -0.352 e. The first kappa shape index (κ1) is 22.1. The van der Waals surface area contributed by atoms with Gasteiger partial charge in [0.25, 0.3) is 5.56 Å². The van der Waals surface area contributed by atoms with E-state index in [0.717, 1.165) is 16.7 Å². The number of aromatic nitrogens is 3. The van der Waals surface area contributed by atoms with Crippen LogP contribution in [0.3, 0.4) is 0 Å². The van der Waals surface area contributed by atoms with Gasteiger partial charge in [0.05, 0.1) is 24.2 Å². The molecule has 0 bridgehead atoms. The third-order valence-corrected chi connectivity index (χ3v) is 5.30. The molecule has 0 fully saturated rings. The highest BCUT2D eigenvalue weighted by Crippen LogP contribution is 2.16. The highest BCUT2D eigenvalue weighted by Gasteiger charge is 2.13. The third-order valence-electron chi connectivity index (χ3n) is 4.87. The number of carbonyl (C=O) groups excluding carboxylic acids is 1. The number of benzene rings is 1. The molecule has 0 aliphatic rings. The summed E-state index contributed by atoms with van der Waals surface area (Å²) in [5.74, 6) is -0.241. The van der Waals surface area contributed by atoms with E-state index in [0.29, 0.717) is 41.8 Å². The molecular weight excluding hydrogens is 425 g/mol. The Labute approximate surface area is 184 Å². The zero-order valence-corrected chi connectivity index (χ0v) is 18.1. The summed E-state index contributed by atoms with van der Waals surface area (Å²) in [5.41, 5.74) is 8.58. The van der Waals surface area contributed by atoms with Crippen LogP contribution in [0.1, 0.15) is 22.3 Å². The number of hydrogen-bond acceptors (Lipinski definition) is 4. The molecular formula is C21H23Cl2N5O2. The molecule has 158 valence electrons. The molecule has 3 N–H and O–H groups in total. The Morgan fingerprint density at radius 2 is 1.97 bits per heavy atom. The first-order valence-corrected chi connectivity index (χ1v) is 10.2. The second kappa shape index (κ2) is 9.93. The van der Waals surface area contributed by atoms with Gasteiger partial charge in [-0.05, 0) is 41.8 Å². The van der Waals surface area contributed by atoms with Crippen molar-refractivity contribution in [1.82, 2.24) is 19.7 Å². The quantitative estimate of drug-likeness (QED) is 0.554. The minimum absolute atomic E-state index is 0.00235. The SMILES string of the molecule is Cc1ccn(CCn2cc(Cl)cn2)c(=O)c1CC(=O)NCc1cc(Cl)ccc1CN. The molecule has 0 atom stereocenters. The molecule has 0 aliphatic heterocycles. The molecule has 0 saturated carbocycles. The smallest absolute Gasteiger partial charge is 0.254 e. The lowest BCUT2D eigenvalue weighted by molar-refractivity contribution is -0.120. The van der Waals surface area contributed by atoms with Crippen molar-refractivity contribution in [3.8, 4) is 0 Å². The summed E-state index contributed by atoms with van der Waals surface area (Å²) in [7, 11) is 0. The molecule has 9 heteroatoms. The van der Waals surface area contributed by atoms with Crippen molar-refractivity contribution < 1.29 is 4.79 Å². The van der Waals surface area contributed by atoms with Crippen molar-refractivity contribution in [3.05, 3.63) is 85.5 Å². The van der Waals surface area contributed by atoms with Gasteiger partial charge in [0.15, 0.2) is 0 Å². The van der Waals surface area contributed by atoms with Gasteiger partial charge in [-0.15, -0.1) is 0 Å². The van der Waals surface area contributed by atoms with E-state index in [1.807, 2.05) is 19.1 Å². The van der Waals surface area contributed by atoms with E-state index >= 15 is 0 Å². The van der Waals surface area contributed by atoms with Gasteiger partial charge < -0.3 is 15.6 Å². The van der Waals surface area contributed by atoms with E-state index in [1.54, 1.807) is 40.0 Å². The summed E-state index contributed by atoms with van der Waals surface area (Å²) >= 11 is 11.9. The Balaban J connectivity index is 1.67. The summed E-state index contributed by atoms with van der Waals surface area (Å²) in [5, 5.41) is 8.09. The number of halogens is 2. The normalized spacial score (nSPS) is 10.9. The first-order valence-electron chi connectivity index (χ1n) is 9.48. The van der Waals surface area contributed by atoms with Crippen LogP contribution in [0.25, 0.3) is 0 Å². The van der Waals surface area contributed by atoms with Crippen LogP contribution in [-0.2, 0) is 37.4 Å². The van der Waals surface area contributed by atoms with E-state index in [9.17, 15) is 9.59 Å². The van der Waals surface area contributed by atoms with Crippen molar-refractivity contribution >= 4 is 29.1 Å². The van der Waals surface area contributed by atoms with Gasteiger partial charge in [0.1, 0.15) is 0 Å². The number of aryl methyl sites for hydroxylation is 3. The number of nitrogens with one attached hydrogen (secondary N) is 1. The molecule has 3 rings (SSSR count). The predicted molar refractivity (Wildman–Crippen MR) is 118 cm³/mol. The van der Waals surface area contributed by atoms with Crippen LogP contribution < -0.4 is 16.6 Å². The van der Waals surface area contributed by atoms with Gasteiger partial charge in [-0.1, -0.05) is 29.3 Å². The maximum atomic E-state index is 12.9. The van der Waals surface area contributed by atoms with Gasteiger partial charge in [-0.2, -0.15) is 5.10 Å². The molecule has 0 aliphatic carbocycles. The Morgan fingerprint density at radius 1 is 1.17 bits per heavy atom. The van der Waals surface area contributed by atoms with E-state index in [-0.39, 0.29) is 17.9 Å². The summed E-state index contributed by atoms with van der Waals surface area (Å²) in [6.45, 7) is 3.40. The number of amides is 1. The van der Waals surface area contributed by atoms with Crippen LogP contribution in [0.5, 0.6) is 0 Å². The van der Waals surface area contributed by atoms with E-state index in [2.05, 4.69) is 10.4 Å². The molecule has 2 aromatic heterocycles. The maximum Gasteiger partial charge on any atom is 0.254 e. The fraction of sp³-hybridized carbons (Fsp3) is 0.286. The van der Waals surface area contributed by atoms with Gasteiger partial charge in [0, 0.05) is 42.6 Å². The molecule has 0 spiro atoms. The van der Waals surface area contributed by atoms with Crippen LogP contribution in [0.4, 0.5) is 0 Å². The van der Waals surface area contributed by atoms with Crippen LogP contribution in [0.2, 0.25) is 10.0 Å². The van der Waals surface area contributed by atoms with E-state index in [4.69, 9.17) is 28.9 Å². The summed E-state index contributed by atoms with van der Waals surface area (Å²) < 4.78 is 3.25. The lowest BCUT2D eigenvalue weighted by Gasteiger charge is -2.12. The highest BCUT2D eigenvalue weighted by molar-refractivity contribution is 6.30. The molecule has 2 heterocycles. The average molecular weight is 448 g/mol. The minimum atomic E-state index is -0.241. The second-order valence-corrected chi connectivity index (χ2v) is 7.84. The number of carbonyl (C=O) groups is 1. The van der Waals surface area contributed by atoms with Crippen LogP contribution >= 0.6 is 23.2 Å². The number of nitrogens with zero attached hydrogens (tertiary/aromatic N) is 3. The Kier molecular flexibility index (Phi) is 7.31. The number of hydrogen-bond donors (Lipinski definition) is 2. The van der Waals surface area contributed by atoms with Gasteiger partial charge >= 0.3 is 0 Å². The van der Waals surface area contributed by atoms with Gasteiger partial charge in [0.2, 0.25) is 5.91 Å². The van der Waals surface area contributed by atoms with Crippen molar-refractivity contribution in [1.29, 1.82) is 0 Å². The van der Waals surface area contributed by atoms with Crippen molar-refractivity contribution in [2.45, 2.75) is 39.5 Å². The largest absolute Gasteiger partial charge is 0.352 e. The number of pyridine rings is 1. The third kappa shape index (κ3) is 5.50. The van der Waals surface area contributed by atoms with E-state index in [1.165, 1.54) is 0 Å². The molecule has 7 nitrogen and oxygen atoms in total. The zero-order chi connectivity index (χ0) is 21.7. The van der Waals surface area contributed by atoms with Crippen LogP contribution in [-0.4, -0.2) is 20.3 Å². The first-order chi connectivity index (χ1) is 14.4. The Bertz CT molecular complexity index is 1110. The van der Waals surface area contributed by atoms with E-state index < -0.39 is 0 Å². The van der Waals surface area contributed by atoms with Crippen molar-refractivity contribution in [3.63, 3.8) is 0 Å². The maximum absolute atomic E-state index is 12.9. The average Bonchev–Trinajstić information content (AvgIpc) is 3.14. The summed E-state index contributed by atoms with van der Waals surface area (Å²) in [6.07, 6.45) is 4.97. The molecule has 0 unspecified atom stereocenters. The Hall–Kier alpha value is -2.61. The fourth-order valence-corrected chi connectivity index (χ4v) is 3.50. The molecule has 30 heavy (non-hydrogen) atoms. The zero-order valence-electron chi connectivity index (χ0n) is 16.6. The van der Waals surface area contributed by atoms with Crippen LogP contribution in [0.15, 0.2) is 47.7 Å². The highest BCUT2D eigenvalue weighted by atomic mass is 35.5. The summed E-state index contributed by atoms with van der Waals surface area (Å²) in [6, 6.07) is 7.23. The predicted octanol–water partition coefficient (Wildman–Crippen LogP) is 2.68. The van der Waals surface area contributed by atoms with Gasteiger partial charge in [-0.25, -0.2) is 0 Å². The number of nitrogens with two attached hydrogens (primary N) is 1. The summed E-state index contributed by atoms with van der Waals surface area (Å²) in [4.78, 5) is 25.4. The monoisotopic (exact) mass is 447 g/mol. The second-order valence-electron chi connectivity index (χ2n) is 6.97. The van der Waals surface area contributed by atoms with Gasteiger partial charge in [-0.3, -0.25) is 14.3 Å². The lowest BCUT2D eigenvalue weighted by atomic mass is 10.1. The topological polar surface area (TPSA) is 94.9 Å². The lowest BCUT2D eigenvalue weighted by Crippen LogP contribution is -2.31. The Morgan fingerprint density at radius 3 is 2.67 bits per heavy atom. The molecule has 1 amide bonds. The molecule has 0 saturated heterocycles. The van der Waals surface area contributed by atoms with Crippen LogP contribution in [0, 0.1) is 6.92 Å². The van der Waals surface area contributed by atoms with Crippen molar-refractivity contribution in [2.75, 3.05) is 0 Å². The molecule has 0 radical (unpaired) electrons. The van der Waals surface area contributed by atoms with Crippen molar-refractivity contribution in [2.24, 2.45) is 5.73 Å². The molecule has 3 aromatic rings. The number of rotatable bonds is 8.